The average Bonchev–Trinajstić information content (AvgIpc) is 3.25. The molecule has 0 aliphatic carbocycles. The van der Waals surface area contributed by atoms with Crippen LogP contribution < -0.4 is 4.90 Å². The first-order valence-corrected chi connectivity index (χ1v) is 10.5. The highest BCUT2D eigenvalue weighted by Gasteiger charge is 2.24. The number of aryl methyl sites for hydroxylation is 1. The minimum atomic E-state index is 0.0527. The van der Waals surface area contributed by atoms with Crippen LogP contribution in [0.2, 0.25) is 0 Å². The van der Waals surface area contributed by atoms with E-state index in [1.165, 1.54) is 17.3 Å². The van der Waals surface area contributed by atoms with E-state index in [4.69, 9.17) is 0 Å². The molecule has 0 saturated heterocycles. The van der Waals surface area contributed by atoms with Gasteiger partial charge in [0.1, 0.15) is 0 Å². The molecule has 1 aromatic heterocycles. The fraction of sp³-hybridized carbons (Fsp3) is 0.190. The molecule has 6 heteroatoms. The lowest BCUT2D eigenvalue weighted by molar-refractivity contribution is -0.117. The van der Waals surface area contributed by atoms with E-state index in [0.717, 1.165) is 26.8 Å². The second kappa shape index (κ2) is 7.29. The number of aromatic nitrogens is 1. The molecule has 136 valence electrons. The Kier molecular flexibility index (Phi) is 4.85. The van der Waals surface area contributed by atoms with Crippen LogP contribution >= 0.6 is 23.1 Å². The molecule has 0 saturated carbocycles. The van der Waals surface area contributed by atoms with E-state index >= 15 is 0 Å². The fourth-order valence-electron chi connectivity index (χ4n) is 3.03. The van der Waals surface area contributed by atoms with Crippen LogP contribution in [-0.4, -0.2) is 29.5 Å². The monoisotopic (exact) mass is 394 g/mol. The molecule has 1 aliphatic heterocycles. The minimum Gasteiger partial charge on any atom is -0.315 e. The number of fused-ring (bicyclic) bond motifs is 1. The van der Waals surface area contributed by atoms with Crippen LogP contribution in [0.15, 0.2) is 52.2 Å². The minimum absolute atomic E-state index is 0.0527. The zero-order valence-electron chi connectivity index (χ0n) is 15.1. The predicted molar refractivity (Wildman–Crippen MR) is 111 cm³/mol. The van der Waals surface area contributed by atoms with Crippen molar-refractivity contribution in [2.75, 3.05) is 17.7 Å². The molecule has 27 heavy (non-hydrogen) atoms. The molecule has 0 spiro atoms. The number of Topliss-reactive ketones (excluding diaryl/α,β-unsaturated/α-hetero) is 1. The van der Waals surface area contributed by atoms with Crippen molar-refractivity contribution in [3.8, 4) is 11.3 Å². The number of ketones is 1. The van der Waals surface area contributed by atoms with Gasteiger partial charge < -0.3 is 4.90 Å². The van der Waals surface area contributed by atoms with Gasteiger partial charge in [0.05, 0.1) is 17.9 Å². The number of likely N-dealkylation sites (N-methyl/N-ethyl adjacent to an activating group) is 1. The quantitative estimate of drug-likeness (QED) is 0.468. The molecule has 0 radical (unpaired) electrons. The molecule has 1 aliphatic rings. The molecule has 1 amide bonds. The molecule has 2 aromatic carbocycles. The Bertz CT molecular complexity index is 1020. The summed E-state index contributed by atoms with van der Waals surface area (Å²) in [5.41, 5.74) is 5.72. The third-order valence-corrected chi connectivity index (χ3v) is 6.66. The first kappa shape index (κ1) is 17.9. The lowest BCUT2D eigenvalue weighted by Crippen LogP contribution is -2.20. The normalized spacial score (nSPS) is 13.1. The topological polar surface area (TPSA) is 50.3 Å². The largest absolute Gasteiger partial charge is 0.315 e. The first-order chi connectivity index (χ1) is 13.0. The van der Waals surface area contributed by atoms with Crippen molar-refractivity contribution >= 4 is 40.5 Å². The van der Waals surface area contributed by atoms with E-state index in [1.54, 1.807) is 29.4 Å². The standard InChI is InChI=1S/C21H18N2O2S2/c1-13-3-5-14(6-4-13)17-11-26-21(22-17)27-12-19(24)15-7-8-18-16(9-15)10-20(25)23(18)2/h3-9,11H,10,12H2,1-2H3. The molecular weight excluding hydrogens is 376 g/mol. The number of hydrogen-bond acceptors (Lipinski definition) is 5. The highest BCUT2D eigenvalue weighted by molar-refractivity contribution is 8.01. The van der Waals surface area contributed by atoms with Crippen LogP contribution in [0.4, 0.5) is 5.69 Å². The van der Waals surface area contributed by atoms with Crippen LogP contribution in [0, 0.1) is 6.92 Å². The van der Waals surface area contributed by atoms with Gasteiger partial charge in [0.2, 0.25) is 5.91 Å². The van der Waals surface area contributed by atoms with Crippen molar-refractivity contribution in [3.63, 3.8) is 0 Å². The van der Waals surface area contributed by atoms with Gasteiger partial charge >= 0.3 is 0 Å². The van der Waals surface area contributed by atoms with E-state index in [1.807, 2.05) is 17.5 Å². The molecule has 0 unspecified atom stereocenters. The van der Waals surface area contributed by atoms with Crippen LogP contribution in [0.1, 0.15) is 21.5 Å². The summed E-state index contributed by atoms with van der Waals surface area (Å²) in [6.45, 7) is 2.06. The Morgan fingerprint density at radius 3 is 2.78 bits per heavy atom. The van der Waals surface area contributed by atoms with Crippen LogP contribution in [0.3, 0.4) is 0 Å². The maximum atomic E-state index is 12.6. The summed E-state index contributed by atoms with van der Waals surface area (Å²) in [6.07, 6.45) is 0.368. The number of carbonyl (C=O) groups is 2. The number of anilines is 1. The molecule has 3 aromatic rings. The Labute approximate surface area is 166 Å². The number of thioether (sulfide) groups is 1. The number of benzene rings is 2. The van der Waals surface area contributed by atoms with Crippen molar-refractivity contribution in [3.05, 3.63) is 64.5 Å². The SMILES string of the molecule is Cc1ccc(-c2csc(SCC(=O)c3ccc4c(c3)CC(=O)N4C)n2)cc1. The van der Waals surface area contributed by atoms with Gasteiger partial charge in [0, 0.05) is 29.2 Å². The van der Waals surface area contributed by atoms with Gasteiger partial charge in [-0.3, -0.25) is 9.59 Å². The second-order valence-corrected chi connectivity index (χ2v) is 8.63. The highest BCUT2D eigenvalue weighted by Crippen LogP contribution is 2.31. The predicted octanol–water partition coefficient (Wildman–Crippen LogP) is 4.61. The zero-order valence-corrected chi connectivity index (χ0v) is 16.7. The number of carbonyl (C=O) groups excluding carboxylic acids is 2. The number of thiazole rings is 1. The zero-order chi connectivity index (χ0) is 19.0. The molecule has 4 rings (SSSR count). The van der Waals surface area contributed by atoms with Crippen LogP contribution in [0.25, 0.3) is 11.3 Å². The summed E-state index contributed by atoms with van der Waals surface area (Å²) in [5.74, 6) is 0.455. The number of rotatable bonds is 5. The van der Waals surface area contributed by atoms with Crippen LogP contribution in [0.5, 0.6) is 0 Å². The Morgan fingerprint density at radius 2 is 2.00 bits per heavy atom. The maximum Gasteiger partial charge on any atom is 0.231 e. The van der Waals surface area contributed by atoms with E-state index in [0.29, 0.717) is 17.7 Å². The summed E-state index contributed by atoms with van der Waals surface area (Å²) >= 11 is 3.01. The maximum absolute atomic E-state index is 12.6. The molecule has 0 N–H and O–H groups in total. The lowest BCUT2D eigenvalue weighted by Gasteiger charge is -2.10. The van der Waals surface area contributed by atoms with Gasteiger partial charge in [-0.1, -0.05) is 41.6 Å². The van der Waals surface area contributed by atoms with Crippen molar-refractivity contribution < 1.29 is 9.59 Å². The van der Waals surface area contributed by atoms with Crippen molar-refractivity contribution in [2.24, 2.45) is 0 Å². The first-order valence-electron chi connectivity index (χ1n) is 8.59. The number of nitrogens with zero attached hydrogens (tertiary/aromatic N) is 2. The lowest BCUT2D eigenvalue weighted by atomic mass is 10.1. The molecule has 4 nitrogen and oxygen atoms in total. The third kappa shape index (κ3) is 3.68. The summed E-state index contributed by atoms with van der Waals surface area (Å²) in [6, 6.07) is 13.8. The second-order valence-electron chi connectivity index (χ2n) is 6.55. The summed E-state index contributed by atoms with van der Waals surface area (Å²) in [5, 5.41) is 2.02. The smallest absolute Gasteiger partial charge is 0.231 e. The van der Waals surface area contributed by atoms with Crippen LogP contribution in [-0.2, 0) is 11.2 Å². The van der Waals surface area contributed by atoms with Crippen molar-refractivity contribution in [2.45, 2.75) is 17.7 Å². The van der Waals surface area contributed by atoms with Gasteiger partial charge in [-0.15, -0.1) is 11.3 Å². The molecular formula is C21H18N2O2S2. The van der Waals surface area contributed by atoms with E-state index < -0.39 is 0 Å². The van der Waals surface area contributed by atoms with E-state index in [2.05, 4.69) is 36.2 Å². The number of amides is 1. The van der Waals surface area contributed by atoms with Gasteiger partial charge in [-0.25, -0.2) is 4.98 Å². The van der Waals surface area contributed by atoms with Gasteiger partial charge in [-0.05, 0) is 30.7 Å². The fourth-order valence-corrected chi connectivity index (χ4v) is 4.76. The average molecular weight is 395 g/mol. The third-order valence-electron chi connectivity index (χ3n) is 4.64. The summed E-state index contributed by atoms with van der Waals surface area (Å²) in [4.78, 5) is 30.6. The molecule has 0 bridgehead atoms. The molecule has 2 heterocycles. The Morgan fingerprint density at radius 1 is 1.22 bits per heavy atom. The van der Waals surface area contributed by atoms with Gasteiger partial charge in [-0.2, -0.15) is 0 Å². The van der Waals surface area contributed by atoms with E-state index in [9.17, 15) is 9.59 Å². The van der Waals surface area contributed by atoms with E-state index in [-0.39, 0.29) is 11.7 Å². The highest BCUT2D eigenvalue weighted by atomic mass is 32.2. The Hall–Kier alpha value is -2.44. The van der Waals surface area contributed by atoms with Gasteiger partial charge in [0.25, 0.3) is 0 Å². The van der Waals surface area contributed by atoms with Crippen molar-refractivity contribution in [1.29, 1.82) is 0 Å². The van der Waals surface area contributed by atoms with Gasteiger partial charge in [0.15, 0.2) is 10.1 Å². The summed E-state index contributed by atoms with van der Waals surface area (Å²) in [7, 11) is 1.76. The number of hydrogen-bond donors (Lipinski definition) is 0. The summed E-state index contributed by atoms with van der Waals surface area (Å²) < 4.78 is 0.884. The molecule has 0 fully saturated rings. The Balaban J connectivity index is 1.42. The van der Waals surface area contributed by atoms with Crippen molar-refractivity contribution in [1.82, 2.24) is 4.98 Å². The molecule has 0 atom stereocenters.